The summed E-state index contributed by atoms with van der Waals surface area (Å²) in [5, 5.41) is 14.0. The van der Waals surface area contributed by atoms with Gasteiger partial charge >= 0.3 is 5.97 Å². The number of carbonyl (C=O) groups excluding carboxylic acids is 1. The first-order chi connectivity index (χ1) is 16.5. The summed E-state index contributed by atoms with van der Waals surface area (Å²) >= 11 is 6.50. The minimum Gasteiger partial charge on any atom is -0.478 e. The SMILES string of the molecule is CCCCc1nc(Cl)c(Cn2cncn2)n1Cc1ccc(C(=O)c2ccccc2C(=O)O)cc1. The van der Waals surface area contributed by atoms with Crippen molar-refractivity contribution in [1.29, 1.82) is 0 Å². The van der Waals surface area contributed by atoms with Crippen LogP contribution >= 0.6 is 11.6 Å². The molecule has 0 aliphatic carbocycles. The van der Waals surface area contributed by atoms with Gasteiger partial charge in [0, 0.05) is 24.1 Å². The van der Waals surface area contributed by atoms with E-state index in [-0.39, 0.29) is 16.9 Å². The van der Waals surface area contributed by atoms with Gasteiger partial charge in [-0.1, -0.05) is 67.4 Å². The van der Waals surface area contributed by atoms with Gasteiger partial charge in [0.15, 0.2) is 10.9 Å². The molecule has 0 unspecified atom stereocenters. The molecule has 34 heavy (non-hydrogen) atoms. The maximum Gasteiger partial charge on any atom is 0.336 e. The molecular weight excluding hydrogens is 454 g/mol. The van der Waals surface area contributed by atoms with Crippen LogP contribution in [0.1, 0.15) is 63.1 Å². The van der Waals surface area contributed by atoms with Gasteiger partial charge < -0.3 is 9.67 Å². The Labute approximate surface area is 201 Å². The number of carbonyl (C=O) groups is 2. The molecule has 0 spiro atoms. The number of aryl methyl sites for hydroxylation is 1. The quantitative estimate of drug-likeness (QED) is 0.337. The molecule has 1 N–H and O–H groups in total. The fraction of sp³-hybridized carbons (Fsp3) is 0.240. The first-order valence-electron chi connectivity index (χ1n) is 11.0. The van der Waals surface area contributed by atoms with Gasteiger partial charge in [-0.05, 0) is 18.1 Å². The summed E-state index contributed by atoms with van der Waals surface area (Å²) in [6, 6.07) is 13.4. The van der Waals surface area contributed by atoms with Crippen molar-refractivity contribution in [3.63, 3.8) is 0 Å². The summed E-state index contributed by atoms with van der Waals surface area (Å²) in [5.74, 6) is -0.555. The van der Waals surface area contributed by atoms with E-state index in [2.05, 4.69) is 26.6 Å². The lowest BCUT2D eigenvalue weighted by Gasteiger charge is -2.13. The van der Waals surface area contributed by atoms with Crippen molar-refractivity contribution in [1.82, 2.24) is 24.3 Å². The summed E-state index contributed by atoms with van der Waals surface area (Å²) in [4.78, 5) is 33.0. The van der Waals surface area contributed by atoms with Crippen LogP contribution in [0.3, 0.4) is 0 Å². The highest BCUT2D eigenvalue weighted by molar-refractivity contribution is 6.30. The second-order valence-electron chi connectivity index (χ2n) is 7.93. The molecule has 8 nitrogen and oxygen atoms in total. The Balaban J connectivity index is 1.61. The molecule has 4 rings (SSSR count). The number of aromatic nitrogens is 5. The Bertz CT molecular complexity index is 1300. The van der Waals surface area contributed by atoms with Gasteiger partial charge in [0.2, 0.25) is 0 Å². The lowest BCUT2D eigenvalue weighted by atomic mass is 9.97. The third-order valence-electron chi connectivity index (χ3n) is 5.59. The molecule has 4 aromatic rings. The summed E-state index contributed by atoms with van der Waals surface area (Å²) in [7, 11) is 0. The van der Waals surface area contributed by atoms with Gasteiger partial charge in [0.25, 0.3) is 0 Å². The minimum absolute atomic E-state index is 0.0112. The molecule has 0 amide bonds. The smallest absolute Gasteiger partial charge is 0.336 e. The van der Waals surface area contributed by atoms with Crippen LogP contribution in [-0.4, -0.2) is 41.2 Å². The Morgan fingerprint density at radius 2 is 1.76 bits per heavy atom. The monoisotopic (exact) mass is 477 g/mol. The highest BCUT2D eigenvalue weighted by Crippen LogP contribution is 2.22. The average Bonchev–Trinajstić information content (AvgIpc) is 3.46. The van der Waals surface area contributed by atoms with Gasteiger partial charge in [0.1, 0.15) is 18.5 Å². The van der Waals surface area contributed by atoms with Gasteiger partial charge in [-0.3, -0.25) is 4.79 Å². The fourth-order valence-corrected chi connectivity index (χ4v) is 4.06. The number of halogens is 1. The molecule has 0 radical (unpaired) electrons. The average molecular weight is 478 g/mol. The Kier molecular flexibility index (Phi) is 7.18. The highest BCUT2D eigenvalue weighted by Gasteiger charge is 2.19. The second-order valence-corrected chi connectivity index (χ2v) is 8.28. The molecule has 2 aromatic carbocycles. The number of nitrogens with zero attached hydrogens (tertiary/aromatic N) is 5. The summed E-state index contributed by atoms with van der Waals surface area (Å²) in [6.07, 6.45) is 5.94. The Morgan fingerprint density at radius 3 is 2.41 bits per heavy atom. The van der Waals surface area contributed by atoms with Crippen molar-refractivity contribution in [2.45, 2.75) is 39.3 Å². The Hall–Kier alpha value is -3.78. The number of unbranched alkanes of at least 4 members (excludes halogenated alkanes) is 1. The van der Waals surface area contributed by atoms with E-state index in [1.54, 1.807) is 35.3 Å². The van der Waals surface area contributed by atoms with Crippen LogP contribution in [0.4, 0.5) is 0 Å². The summed E-state index contributed by atoms with van der Waals surface area (Å²) in [5.41, 5.74) is 2.39. The van der Waals surface area contributed by atoms with Crippen LogP contribution in [0.15, 0.2) is 61.2 Å². The molecule has 0 fully saturated rings. The van der Waals surface area contributed by atoms with Crippen LogP contribution < -0.4 is 0 Å². The van der Waals surface area contributed by atoms with E-state index < -0.39 is 5.97 Å². The predicted octanol–water partition coefficient (Wildman–Crippen LogP) is 4.50. The molecule has 9 heteroatoms. The molecule has 2 heterocycles. The fourth-order valence-electron chi connectivity index (χ4n) is 3.80. The van der Waals surface area contributed by atoms with Crippen molar-refractivity contribution in [2.75, 3.05) is 0 Å². The van der Waals surface area contributed by atoms with E-state index in [1.807, 2.05) is 12.1 Å². The maximum absolute atomic E-state index is 12.9. The van der Waals surface area contributed by atoms with Crippen LogP contribution in [0.5, 0.6) is 0 Å². The molecule has 0 aliphatic rings. The van der Waals surface area contributed by atoms with Crippen molar-refractivity contribution in [2.24, 2.45) is 0 Å². The maximum atomic E-state index is 12.9. The van der Waals surface area contributed by atoms with Crippen LogP contribution in [-0.2, 0) is 19.5 Å². The van der Waals surface area contributed by atoms with E-state index in [0.717, 1.165) is 36.3 Å². The highest BCUT2D eigenvalue weighted by atomic mass is 35.5. The van der Waals surface area contributed by atoms with Crippen molar-refractivity contribution >= 4 is 23.4 Å². The van der Waals surface area contributed by atoms with Crippen molar-refractivity contribution in [3.8, 4) is 0 Å². The zero-order valence-corrected chi connectivity index (χ0v) is 19.4. The molecule has 0 saturated heterocycles. The van der Waals surface area contributed by atoms with Crippen LogP contribution in [0.2, 0.25) is 5.15 Å². The van der Waals surface area contributed by atoms with Crippen molar-refractivity contribution in [3.05, 3.63) is 100 Å². The number of hydrogen-bond donors (Lipinski definition) is 1. The largest absolute Gasteiger partial charge is 0.478 e. The molecule has 0 aliphatic heterocycles. The zero-order valence-electron chi connectivity index (χ0n) is 18.7. The minimum atomic E-state index is -1.13. The summed E-state index contributed by atoms with van der Waals surface area (Å²) in [6.45, 7) is 3.10. The number of imidazole rings is 1. The third-order valence-corrected chi connectivity index (χ3v) is 5.90. The number of carboxylic acid groups (broad SMARTS) is 1. The number of aromatic carboxylic acids is 1. The molecule has 0 saturated carbocycles. The van der Waals surface area contributed by atoms with E-state index >= 15 is 0 Å². The predicted molar refractivity (Wildman–Crippen MR) is 127 cm³/mol. The number of rotatable bonds is 10. The third kappa shape index (κ3) is 5.07. The summed E-state index contributed by atoms with van der Waals surface area (Å²) < 4.78 is 3.79. The number of carboxylic acids is 1. The van der Waals surface area contributed by atoms with Gasteiger partial charge in [-0.25, -0.2) is 19.4 Å². The normalized spacial score (nSPS) is 11.0. The molecular formula is C25H24ClN5O3. The number of hydrogen-bond acceptors (Lipinski definition) is 5. The number of ketones is 1. The van der Waals surface area contributed by atoms with Gasteiger partial charge in [-0.15, -0.1) is 0 Å². The standard InChI is InChI=1S/C25H24ClN5O3/c1-2-3-8-22-29-24(26)21(14-30-16-27-15-28-30)31(22)13-17-9-11-18(12-10-17)23(32)19-6-4-5-7-20(19)25(33)34/h4-7,9-12,15-16H,2-3,8,13-14H2,1H3,(H,33,34). The lowest BCUT2D eigenvalue weighted by molar-refractivity contribution is 0.0693. The molecule has 0 atom stereocenters. The molecule has 0 bridgehead atoms. The first-order valence-corrected chi connectivity index (χ1v) is 11.4. The first kappa shape index (κ1) is 23.4. The zero-order chi connectivity index (χ0) is 24.1. The van der Waals surface area contributed by atoms with E-state index in [4.69, 9.17) is 11.6 Å². The topological polar surface area (TPSA) is 103 Å². The molecule has 2 aromatic heterocycles. The van der Waals surface area contributed by atoms with Crippen LogP contribution in [0, 0.1) is 0 Å². The van der Waals surface area contributed by atoms with Gasteiger partial charge in [-0.2, -0.15) is 5.10 Å². The Morgan fingerprint density at radius 1 is 1.03 bits per heavy atom. The van der Waals surface area contributed by atoms with Crippen molar-refractivity contribution < 1.29 is 14.7 Å². The van der Waals surface area contributed by atoms with E-state index in [1.165, 1.54) is 18.5 Å². The van der Waals surface area contributed by atoms with E-state index in [0.29, 0.717) is 23.8 Å². The lowest BCUT2D eigenvalue weighted by Crippen LogP contribution is -2.13. The van der Waals surface area contributed by atoms with E-state index in [9.17, 15) is 14.7 Å². The van der Waals surface area contributed by atoms with Gasteiger partial charge in [0.05, 0.1) is 17.8 Å². The second kappa shape index (κ2) is 10.4. The number of benzene rings is 2. The molecule has 174 valence electrons. The van der Waals surface area contributed by atoms with Crippen LogP contribution in [0.25, 0.3) is 0 Å².